The average molecular weight is 468 g/mol. The van der Waals surface area contributed by atoms with Crippen LogP contribution in [0.1, 0.15) is 22.3 Å². The number of rotatable bonds is 8. The van der Waals surface area contributed by atoms with Crippen LogP contribution in [0.15, 0.2) is 66.7 Å². The van der Waals surface area contributed by atoms with Crippen LogP contribution < -0.4 is 21.3 Å². The molecule has 8 heteroatoms. The van der Waals surface area contributed by atoms with Crippen LogP contribution in [0.2, 0.25) is 0 Å². The van der Waals surface area contributed by atoms with E-state index in [9.17, 15) is 4.79 Å². The lowest BCUT2D eigenvalue weighted by Crippen LogP contribution is -2.23. The molecule has 0 aliphatic heterocycles. The molecule has 0 bridgehead atoms. The quantitative estimate of drug-likeness (QED) is 0.266. The Labute approximate surface area is 205 Å². The molecule has 4 rings (SSSR count). The molecule has 8 nitrogen and oxygen atoms in total. The summed E-state index contributed by atoms with van der Waals surface area (Å²) in [6.07, 6.45) is 0. The van der Waals surface area contributed by atoms with Gasteiger partial charge in [-0.1, -0.05) is 47.5 Å². The van der Waals surface area contributed by atoms with Crippen molar-refractivity contribution in [3.63, 3.8) is 0 Å². The molecule has 3 aromatic carbocycles. The molecule has 0 fully saturated rings. The van der Waals surface area contributed by atoms with Crippen LogP contribution in [0.5, 0.6) is 0 Å². The van der Waals surface area contributed by atoms with Gasteiger partial charge in [0.1, 0.15) is 0 Å². The van der Waals surface area contributed by atoms with Gasteiger partial charge in [0.25, 0.3) is 0 Å². The second-order valence-corrected chi connectivity index (χ2v) is 8.51. The molecule has 0 unspecified atom stereocenters. The summed E-state index contributed by atoms with van der Waals surface area (Å²) in [4.78, 5) is 26.0. The zero-order valence-corrected chi connectivity index (χ0v) is 20.3. The second kappa shape index (κ2) is 10.6. The van der Waals surface area contributed by atoms with E-state index in [1.807, 2.05) is 94.4 Å². The fraction of sp³-hybridized carbons (Fsp3) is 0.185. The van der Waals surface area contributed by atoms with Crippen molar-refractivity contribution in [1.29, 1.82) is 0 Å². The zero-order chi connectivity index (χ0) is 24.8. The largest absolute Gasteiger partial charge is 0.345 e. The third-order valence-electron chi connectivity index (χ3n) is 5.33. The number of hydrogen-bond donors (Lipinski definition) is 4. The van der Waals surface area contributed by atoms with Gasteiger partial charge in [-0.25, -0.2) is 0 Å². The van der Waals surface area contributed by atoms with E-state index in [-0.39, 0.29) is 18.4 Å². The number of amides is 1. The van der Waals surface area contributed by atoms with Gasteiger partial charge in [-0.2, -0.15) is 15.0 Å². The molecule has 0 aliphatic rings. The van der Waals surface area contributed by atoms with Crippen molar-refractivity contribution >= 4 is 40.8 Å². The predicted octanol–water partition coefficient (Wildman–Crippen LogP) is 5.64. The van der Waals surface area contributed by atoms with Crippen molar-refractivity contribution in [1.82, 2.24) is 15.0 Å². The highest BCUT2D eigenvalue weighted by Gasteiger charge is 2.11. The first-order valence-electron chi connectivity index (χ1n) is 11.4. The molecule has 0 atom stereocenters. The van der Waals surface area contributed by atoms with Gasteiger partial charge in [-0.05, 0) is 69.2 Å². The van der Waals surface area contributed by atoms with Gasteiger partial charge in [0.15, 0.2) is 0 Å². The summed E-state index contributed by atoms with van der Waals surface area (Å²) in [7, 11) is 0. The van der Waals surface area contributed by atoms with Crippen LogP contribution >= 0.6 is 0 Å². The molecule has 4 N–H and O–H groups in total. The highest BCUT2D eigenvalue weighted by Crippen LogP contribution is 2.20. The number of carbonyl (C=O) groups excluding carboxylic acids is 1. The third kappa shape index (κ3) is 6.77. The molecule has 35 heavy (non-hydrogen) atoms. The molecular weight excluding hydrogens is 438 g/mol. The number of nitrogens with zero attached hydrogens (tertiary/aromatic N) is 3. The third-order valence-corrected chi connectivity index (χ3v) is 5.33. The van der Waals surface area contributed by atoms with E-state index < -0.39 is 0 Å². The maximum Gasteiger partial charge on any atom is 0.243 e. The SMILES string of the molecule is Cc1ccc(Nc2nc(NCC(=O)Nc3cc(C)ccc3C)nc(Nc3ccc(C)cc3)n2)cc1. The van der Waals surface area contributed by atoms with E-state index in [4.69, 9.17) is 0 Å². The van der Waals surface area contributed by atoms with Gasteiger partial charge in [0.05, 0.1) is 6.54 Å². The molecule has 0 aliphatic carbocycles. The highest BCUT2D eigenvalue weighted by molar-refractivity contribution is 5.94. The summed E-state index contributed by atoms with van der Waals surface area (Å²) < 4.78 is 0. The first-order chi connectivity index (χ1) is 16.8. The van der Waals surface area contributed by atoms with E-state index in [0.717, 1.165) is 39.3 Å². The van der Waals surface area contributed by atoms with Crippen LogP contribution in [0.25, 0.3) is 0 Å². The van der Waals surface area contributed by atoms with E-state index in [1.165, 1.54) is 0 Å². The maximum atomic E-state index is 12.6. The Morgan fingerprint density at radius 2 is 1.14 bits per heavy atom. The fourth-order valence-corrected chi connectivity index (χ4v) is 3.32. The number of hydrogen-bond acceptors (Lipinski definition) is 7. The molecule has 178 valence electrons. The molecule has 0 saturated heterocycles. The smallest absolute Gasteiger partial charge is 0.243 e. The number of aromatic nitrogens is 3. The Balaban J connectivity index is 1.52. The van der Waals surface area contributed by atoms with Gasteiger partial charge in [0, 0.05) is 17.1 Å². The van der Waals surface area contributed by atoms with Crippen molar-refractivity contribution in [2.75, 3.05) is 27.8 Å². The Morgan fingerprint density at radius 3 is 1.69 bits per heavy atom. The minimum absolute atomic E-state index is 0.00530. The van der Waals surface area contributed by atoms with Crippen molar-refractivity contribution in [2.45, 2.75) is 27.7 Å². The van der Waals surface area contributed by atoms with E-state index in [1.54, 1.807) is 0 Å². The maximum absolute atomic E-state index is 12.6. The van der Waals surface area contributed by atoms with Crippen molar-refractivity contribution in [2.24, 2.45) is 0 Å². The summed E-state index contributed by atoms with van der Waals surface area (Å²) in [5.41, 5.74) is 6.88. The Hall–Kier alpha value is -4.46. The molecule has 0 saturated carbocycles. The van der Waals surface area contributed by atoms with E-state index >= 15 is 0 Å². The minimum Gasteiger partial charge on any atom is -0.345 e. The van der Waals surface area contributed by atoms with Crippen LogP contribution in [0.3, 0.4) is 0 Å². The second-order valence-electron chi connectivity index (χ2n) is 8.51. The average Bonchev–Trinajstić information content (AvgIpc) is 2.83. The van der Waals surface area contributed by atoms with Crippen molar-refractivity contribution in [3.8, 4) is 0 Å². The van der Waals surface area contributed by atoms with Crippen molar-refractivity contribution in [3.05, 3.63) is 89.0 Å². The van der Waals surface area contributed by atoms with E-state index in [2.05, 4.69) is 36.2 Å². The molecule has 4 aromatic rings. The molecule has 1 heterocycles. The number of anilines is 6. The lowest BCUT2D eigenvalue weighted by Gasteiger charge is -2.13. The van der Waals surface area contributed by atoms with Crippen molar-refractivity contribution < 1.29 is 4.79 Å². The summed E-state index contributed by atoms with van der Waals surface area (Å²) in [6, 6.07) is 21.8. The highest BCUT2D eigenvalue weighted by atomic mass is 16.1. The predicted molar refractivity (Wildman–Crippen MR) is 142 cm³/mol. The van der Waals surface area contributed by atoms with Gasteiger partial charge < -0.3 is 21.3 Å². The first kappa shape index (κ1) is 23.7. The first-order valence-corrected chi connectivity index (χ1v) is 11.4. The monoisotopic (exact) mass is 467 g/mol. The summed E-state index contributed by atoms with van der Waals surface area (Å²) in [5.74, 6) is 0.798. The molecule has 1 amide bonds. The number of aryl methyl sites for hydroxylation is 4. The molecular formula is C27H29N7O. The normalized spacial score (nSPS) is 10.5. The van der Waals surface area contributed by atoms with Gasteiger partial charge in [-0.15, -0.1) is 0 Å². The Kier molecular flexibility index (Phi) is 7.21. The number of nitrogens with one attached hydrogen (secondary N) is 4. The Morgan fingerprint density at radius 1 is 0.657 bits per heavy atom. The number of benzene rings is 3. The Bertz CT molecular complexity index is 1250. The zero-order valence-electron chi connectivity index (χ0n) is 20.3. The minimum atomic E-state index is -0.194. The summed E-state index contributed by atoms with van der Waals surface area (Å²) >= 11 is 0. The topological polar surface area (TPSA) is 104 Å². The van der Waals surface area contributed by atoms with Gasteiger partial charge in [0.2, 0.25) is 23.8 Å². The molecule has 0 spiro atoms. The summed E-state index contributed by atoms with van der Waals surface area (Å²) in [6.45, 7) is 8.01. The standard InChI is InChI=1S/C27H29N7O/c1-17-6-11-21(12-7-17)29-26-32-25(33-27(34-26)30-22-13-8-18(2)9-14-22)28-16-24(35)31-23-15-19(3)5-10-20(23)4/h5-15H,16H2,1-4H3,(H,31,35)(H3,28,29,30,32,33,34). The van der Waals surface area contributed by atoms with Crippen LogP contribution in [0, 0.1) is 27.7 Å². The molecule has 1 aromatic heterocycles. The van der Waals surface area contributed by atoms with E-state index in [0.29, 0.717) is 11.9 Å². The van der Waals surface area contributed by atoms with Crippen LogP contribution in [-0.4, -0.2) is 27.4 Å². The molecule has 0 radical (unpaired) electrons. The lowest BCUT2D eigenvalue weighted by atomic mass is 10.1. The number of carbonyl (C=O) groups is 1. The fourth-order valence-electron chi connectivity index (χ4n) is 3.32. The summed E-state index contributed by atoms with van der Waals surface area (Å²) in [5, 5.41) is 12.4. The van der Waals surface area contributed by atoms with Crippen LogP contribution in [-0.2, 0) is 4.79 Å². The van der Waals surface area contributed by atoms with Gasteiger partial charge >= 0.3 is 0 Å². The lowest BCUT2D eigenvalue weighted by molar-refractivity contribution is -0.114. The van der Waals surface area contributed by atoms with Gasteiger partial charge in [-0.3, -0.25) is 4.79 Å². The van der Waals surface area contributed by atoms with Crippen LogP contribution in [0.4, 0.5) is 34.9 Å².